The number of nitrogens with two attached hydrogens (primary N) is 1. The molecule has 0 saturated heterocycles. The summed E-state index contributed by atoms with van der Waals surface area (Å²) in [6.45, 7) is 4.82. The minimum Gasteiger partial charge on any atom is -0.491 e. The van der Waals surface area contributed by atoms with Crippen LogP contribution in [0.25, 0.3) is 0 Å². The van der Waals surface area contributed by atoms with Gasteiger partial charge in [0.15, 0.2) is 0 Å². The lowest BCUT2D eigenvalue weighted by molar-refractivity contribution is -0.122. The second kappa shape index (κ2) is 10.5. The predicted molar refractivity (Wildman–Crippen MR) is 98.6 cm³/mol. The quantitative estimate of drug-likeness (QED) is 0.634. The molecule has 1 atom stereocenters. The summed E-state index contributed by atoms with van der Waals surface area (Å²) in [5.74, 6) is 0.692. The summed E-state index contributed by atoms with van der Waals surface area (Å²) in [4.78, 5) is 11.8. The SMILES string of the molecule is CC(C)c1ccccc1OCCNC(=O)C(N)CCS(C)(=O)=O.Cl. The first-order valence-electron chi connectivity index (χ1n) is 7.63. The zero-order chi connectivity index (χ0) is 17.5. The number of nitrogens with one attached hydrogen (secondary N) is 1. The summed E-state index contributed by atoms with van der Waals surface area (Å²) in [5, 5.41) is 2.65. The Kier molecular flexibility index (Phi) is 9.96. The monoisotopic (exact) mass is 378 g/mol. The molecule has 0 fully saturated rings. The Balaban J connectivity index is 0.00000529. The maximum atomic E-state index is 11.8. The van der Waals surface area contributed by atoms with Crippen LogP contribution in [0.5, 0.6) is 5.75 Å². The van der Waals surface area contributed by atoms with Crippen molar-refractivity contribution in [3.63, 3.8) is 0 Å². The predicted octanol–water partition coefficient (Wildman–Crippen LogP) is 1.49. The van der Waals surface area contributed by atoms with Crippen molar-refractivity contribution in [1.82, 2.24) is 5.32 Å². The normalized spacial score (nSPS) is 12.4. The number of carbonyl (C=O) groups excluding carboxylic acids is 1. The van der Waals surface area contributed by atoms with E-state index in [1.54, 1.807) is 0 Å². The van der Waals surface area contributed by atoms with E-state index in [1.165, 1.54) is 0 Å². The highest BCUT2D eigenvalue weighted by molar-refractivity contribution is 7.90. The van der Waals surface area contributed by atoms with E-state index < -0.39 is 15.9 Å². The number of benzene rings is 1. The molecule has 1 aromatic carbocycles. The van der Waals surface area contributed by atoms with E-state index in [0.717, 1.165) is 17.6 Å². The van der Waals surface area contributed by atoms with E-state index in [2.05, 4.69) is 19.2 Å². The second-order valence-electron chi connectivity index (χ2n) is 5.86. The number of rotatable bonds is 9. The van der Waals surface area contributed by atoms with Gasteiger partial charge in [-0.3, -0.25) is 4.79 Å². The fraction of sp³-hybridized carbons (Fsp3) is 0.562. The number of sulfone groups is 1. The third-order valence-corrected chi connectivity index (χ3v) is 4.31. The van der Waals surface area contributed by atoms with Crippen molar-refractivity contribution in [3.05, 3.63) is 29.8 Å². The molecule has 0 spiro atoms. The maximum Gasteiger partial charge on any atom is 0.237 e. The zero-order valence-electron chi connectivity index (χ0n) is 14.3. The van der Waals surface area contributed by atoms with Crippen molar-refractivity contribution in [2.45, 2.75) is 32.2 Å². The minimum atomic E-state index is -3.11. The minimum absolute atomic E-state index is 0. The first kappa shape index (κ1) is 22.7. The van der Waals surface area contributed by atoms with Gasteiger partial charge in [0, 0.05) is 6.26 Å². The van der Waals surface area contributed by atoms with Crippen molar-refractivity contribution in [3.8, 4) is 5.75 Å². The van der Waals surface area contributed by atoms with Crippen LogP contribution in [-0.4, -0.2) is 45.5 Å². The molecule has 0 aromatic heterocycles. The molecule has 138 valence electrons. The third-order valence-electron chi connectivity index (χ3n) is 3.34. The largest absolute Gasteiger partial charge is 0.491 e. The fourth-order valence-electron chi connectivity index (χ4n) is 2.03. The molecule has 1 aromatic rings. The van der Waals surface area contributed by atoms with Gasteiger partial charge in [-0.15, -0.1) is 12.4 Å². The van der Waals surface area contributed by atoms with Crippen molar-refractivity contribution < 1.29 is 17.9 Å². The Morgan fingerprint density at radius 3 is 2.50 bits per heavy atom. The first-order chi connectivity index (χ1) is 10.7. The van der Waals surface area contributed by atoms with Crippen LogP contribution in [0.3, 0.4) is 0 Å². The molecule has 0 heterocycles. The summed E-state index contributed by atoms with van der Waals surface area (Å²) in [6, 6.07) is 6.95. The van der Waals surface area contributed by atoms with Crippen LogP contribution in [-0.2, 0) is 14.6 Å². The molecule has 0 aliphatic carbocycles. The molecule has 8 heteroatoms. The maximum absolute atomic E-state index is 11.8. The number of carbonyl (C=O) groups is 1. The topological polar surface area (TPSA) is 98.5 Å². The highest BCUT2D eigenvalue weighted by atomic mass is 35.5. The molecule has 1 amide bonds. The Morgan fingerprint density at radius 2 is 1.92 bits per heavy atom. The number of hydrogen-bond donors (Lipinski definition) is 2. The van der Waals surface area contributed by atoms with Gasteiger partial charge in [-0.2, -0.15) is 0 Å². The molecule has 6 nitrogen and oxygen atoms in total. The van der Waals surface area contributed by atoms with Crippen LogP contribution in [0.1, 0.15) is 31.7 Å². The van der Waals surface area contributed by atoms with Crippen molar-refractivity contribution in [1.29, 1.82) is 0 Å². The van der Waals surface area contributed by atoms with E-state index >= 15 is 0 Å². The number of amides is 1. The molecule has 3 N–H and O–H groups in total. The fourth-order valence-corrected chi connectivity index (χ4v) is 2.71. The van der Waals surface area contributed by atoms with Crippen LogP contribution >= 0.6 is 12.4 Å². The average Bonchev–Trinajstić information content (AvgIpc) is 2.48. The van der Waals surface area contributed by atoms with Crippen LogP contribution < -0.4 is 15.8 Å². The third kappa shape index (κ3) is 8.52. The standard InChI is InChI=1S/C16H26N2O4S.ClH/c1-12(2)13-6-4-5-7-15(13)22-10-9-18-16(19)14(17)8-11-23(3,20)21;/h4-7,12,14H,8-11,17H2,1-3H3,(H,18,19);1H. The van der Waals surface area contributed by atoms with E-state index in [4.69, 9.17) is 10.5 Å². The number of hydrogen-bond acceptors (Lipinski definition) is 5. The summed E-state index contributed by atoms with van der Waals surface area (Å²) in [7, 11) is -3.11. The molecule has 0 aliphatic heterocycles. The Labute approximate surface area is 150 Å². The van der Waals surface area contributed by atoms with Gasteiger partial charge >= 0.3 is 0 Å². The molecule has 0 aliphatic rings. The van der Waals surface area contributed by atoms with Gasteiger partial charge in [0.1, 0.15) is 22.2 Å². The van der Waals surface area contributed by atoms with Crippen molar-refractivity contribution >= 4 is 28.2 Å². The van der Waals surface area contributed by atoms with E-state index in [9.17, 15) is 13.2 Å². The zero-order valence-corrected chi connectivity index (χ0v) is 16.0. The number of para-hydroxylation sites is 1. The first-order valence-corrected chi connectivity index (χ1v) is 9.69. The lowest BCUT2D eigenvalue weighted by Gasteiger charge is -2.15. The van der Waals surface area contributed by atoms with Crippen LogP contribution in [0.15, 0.2) is 24.3 Å². The number of halogens is 1. The molecule has 24 heavy (non-hydrogen) atoms. The van der Waals surface area contributed by atoms with Gasteiger partial charge in [-0.1, -0.05) is 32.0 Å². The van der Waals surface area contributed by atoms with E-state index in [1.807, 2.05) is 24.3 Å². The van der Waals surface area contributed by atoms with E-state index in [-0.39, 0.29) is 30.5 Å². The van der Waals surface area contributed by atoms with Gasteiger partial charge in [-0.25, -0.2) is 8.42 Å². The van der Waals surface area contributed by atoms with Gasteiger partial charge in [0.2, 0.25) is 5.91 Å². The van der Waals surface area contributed by atoms with Crippen LogP contribution in [0, 0.1) is 0 Å². The van der Waals surface area contributed by atoms with Gasteiger partial charge in [0.25, 0.3) is 0 Å². The van der Waals surface area contributed by atoms with Gasteiger partial charge in [-0.05, 0) is 24.0 Å². The highest BCUT2D eigenvalue weighted by Gasteiger charge is 2.15. The molecule has 1 rings (SSSR count). The van der Waals surface area contributed by atoms with Crippen LogP contribution in [0.2, 0.25) is 0 Å². The lowest BCUT2D eigenvalue weighted by atomic mass is 10.0. The van der Waals surface area contributed by atoms with Gasteiger partial charge < -0.3 is 15.8 Å². The Bertz CT molecular complexity index is 620. The highest BCUT2D eigenvalue weighted by Crippen LogP contribution is 2.25. The second-order valence-corrected chi connectivity index (χ2v) is 8.12. The Hall–Kier alpha value is -1.31. The number of ether oxygens (including phenoxy) is 1. The molecule has 1 unspecified atom stereocenters. The Morgan fingerprint density at radius 1 is 1.29 bits per heavy atom. The summed E-state index contributed by atoms with van der Waals surface area (Å²) < 4.78 is 27.8. The molecule has 0 saturated carbocycles. The smallest absolute Gasteiger partial charge is 0.237 e. The molecule has 0 bridgehead atoms. The van der Waals surface area contributed by atoms with Crippen molar-refractivity contribution in [2.24, 2.45) is 5.73 Å². The molecule has 0 radical (unpaired) electrons. The average molecular weight is 379 g/mol. The lowest BCUT2D eigenvalue weighted by Crippen LogP contribution is -2.42. The summed E-state index contributed by atoms with van der Waals surface area (Å²) in [5.41, 5.74) is 6.78. The summed E-state index contributed by atoms with van der Waals surface area (Å²) >= 11 is 0. The van der Waals surface area contributed by atoms with E-state index in [0.29, 0.717) is 19.1 Å². The van der Waals surface area contributed by atoms with Gasteiger partial charge in [0.05, 0.1) is 18.3 Å². The summed E-state index contributed by atoms with van der Waals surface area (Å²) in [6.07, 6.45) is 1.24. The molecular weight excluding hydrogens is 352 g/mol. The van der Waals surface area contributed by atoms with Crippen LogP contribution in [0.4, 0.5) is 0 Å². The molecular formula is C16H27ClN2O4S. The van der Waals surface area contributed by atoms with Crippen molar-refractivity contribution in [2.75, 3.05) is 25.2 Å².